The molecule has 1 aliphatic carbocycles. The van der Waals surface area contributed by atoms with Crippen molar-refractivity contribution in [2.45, 2.75) is 39.5 Å². The van der Waals surface area contributed by atoms with Crippen molar-refractivity contribution in [3.05, 3.63) is 92.4 Å². The van der Waals surface area contributed by atoms with E-state index >= 15 is 0 Å². The summed E-state index contributed by atoms with van der Waals surface area (Å²) in [5.74, 6) is -0.401. The van der Waals surface area contributed by atoms with Crippen molar-refractivity contribution in [1.82, 2.24) is 0 Å². The van der Waals surface area contributed by atoms with Crippen LogP contribution in [0.2, 0.25) is 0 Å². The van der Waals surface area contributed by atoms with E-state index in [1.165, 1.54) is 12.1 Å². The number of ketones is 1. The van der Waals surface area contributed by atoms with Crippen molar-refractivity contribution in [3.63, 3.8) is 0 Å². The zero-order valence-electron chi connectivity index (χ0n) is 18.3. The maximum atomic E-state index is 13.4. The first-order chi connectivity index (χ1) is 15.1. The number of benzene rings is 2. The lowest BCUT2D eigenvalue weighted by atomic mass is 9.68. The fourth-order valence-corrected chi connectivity index (χ4v) is 4.62. The molecule has 0 fully saturated rings. The number of aryl methyl sites for hydroxylation is 1. The van der Waals surface area contributed by atoms with Crippen LogP contribution in [0, 0.1) is 33.8 Å². The van der Waals surface area contributed by atoms with Crippen LogP contribution >= 0.6 is 0 Å². The van der Waals surface area contributed by atoms with Gasteiger partial charge in [-0.05, 0) is 36.5 Å². The molecule has 1 atom stereocenters. The number of nitriles is 1. The van der Waals surface area contributed by atoms with E-state index in [1.54, 1.807) is 12.1 Å². The van der Waals surface area contributed by atoms with E-state index in [0.717, 1.165) is 16.9 Å². The van der Waals surface area contributed by atoms with Crippen LogP contribution < -0.4 is 10.6 Å². The summed E-state index contributed by atoms with van der Waals surface area (Å²) in [5, 5.41) is 21.2. The number of nitro benzene ring substituents is 1. The van der Waals surface area contributed by atoms with Crippen LogP contribution in [0.3, 0.4) is 0 Å². The van der Waals surface area contributed by atoms with Gasteiger partial charge >= 0.3 is 0 Å². The predicted molar refractivity (Wildman–Crippen MR) is 121 cm³/mol. The van der Waals surface area contributed by atoms with Crippen LogP contribution in [0.25, 0.3) is 0 Å². The molecular weight excluding hydrogens is 404 g/mol. The lowest BCUT2D eigenvalue weighted by molar-refractivity contribution is -0.384. The summed E-state index contributed by atoms with van der Waals surface area (Å²) < 4.78 is 0. The number of nitrogens with two attached hydrogens (primary N) is 1. The monoisotopic (exact) mass is 428 g/mol. The smallest absolute Gasteiger partial charge is 0.269 e. The first kappa shape index (κ1) is 21.3. The highest BCUT2D eigenvalue weighted by atomic mass is 16.6. The summed E-state index contributed by atoms with van der Waals surface area (Å²) in [6, 6.07) is 16.0. The molecular formula is C25H24N4O3. The summed E-state index contributed by atoms with van der Waals surface area (Å²) >= 11 is 0. The average molecular weight is 428 g/mol. The number of carbonyl (C=O) groups excluding carboxylic acids is 1. The van der Waals surface area contributed by atoms with Crippen molar-refractivity contribution < 1.29 is 9.72 Å². The normalized spacial score (nSPS) is 20.1. The highest BCUT2D eigenvalue weighted by Gasteiger charge is 2.44. The highest BCUT2D eigenvalue weighted by Crippen LogP contribution is 2.50. The number of Topliss-reactive ketones (excluding diaryl/α,β-unsaturated/α-hetero) is 1. The van der Waals surface area contributed by atoms with E-state index < -0.39 is 10.8 Å². The van der Waals surface area contributed by atoms with Gasteiger partial charge in [0.2, 0.25) is 0 Å². The second-order valence-corrected chi connectivity index (χ2v) is 9.16. The molecule has 1 aliphatic heterocycles. The van der Waals surface area contributed by atoms with Crippen LogP contribution in [0.4, 0.5) is 11.4 Å². The molecule has 1 heterocycles. The van der Waals surface area contributed by atoms with Gasteiger partial charge in [0.15, 0.2) is 5.78 Å². The van der Waals surface area contributed by atoms with E-state index in [0.29, 0.717) is 24.0 Å². The summed E-state index contributed by atoms with van der Waals surface area (Å²) in [7, 11) is 0. The third-order valence-electron chi connectivity index (χ3n) is 6.11. The average Bonchev–Trinajstić information content (AvgIpc) is 2.73. The Hall–Kier alpha value is -3.92. The zero-order chi connectivity index (χ0) is 23.2. The molecule has 2 aromatic rings. The largest absolute Gasteiger partial charge is 0.384 e. The minimum atomic E-state index is -0.652. The molecule has 0 spiro atoms. The van der Waals surface area contributed by atoms with Crippen molar-refractivity contribution in [3.8, 4) is 6.07 Å². The number of rotatable bonds is 3. The van der Waals surface area contributed by atoms with Gasteiger partial charge in [-0.1, -0.05) is 43.7 Å². The third kappa shape index (κ3) is 3.54. The van der Waals surface area contributed by atoms with Gasteiger partial charge in [-0.2, -0.15) is 5.26 Å². The number of anilines is 1. The Morgan fingerprint density at radius 3 is 2.31 bits per heavy atom. The number of non-ortho nitro benzene ring substituents is 1. The molecule has 0 radical (unpaired) electrons. The minimum absolute atomic E-state index is 0.0306. The first-order valence-electron chi connectivity index (χ1n) is 10.4. The molecule has 2 aromatic carbocycles. The molecule has 32 heavy (non-hydrogen) atoms. The zero-order valence-corrected chi connectivity index (χ0v) is 18.3. The third-order valence-corrected chi connectivity index (χ3v) is 6.11. The lowest BCUT2D eigenvalue weighted by Gasteiger charge is -2.43. The van der Waals surface area contributed by atoms with E-state index in [-0.39, 0.29) is 28.3 Å². The molecule has 0 aromatic heterocycles. The van der Waals surface area contributed by atoms with Gasteiger partial charge in [0.05, 0.1) is 22.5 Å². The van der Waals surface area contributed by atoms with Gasteiger partial charge in [0.25, 0.3) is 5.69 Å². The maximum Gasteiger partial charge on any atom is 0.269 e. The van der Waals surface area contributed by atoms with Crippen LogP contribution in [0.5, 0.6) is 0 Å². The van der Waals surface area contributed by atoms with Gasteiger partial charge in [0, 0.05) is 35.5 Å². The van der Waals surface area contributed by atoms with Crippen LogP contribution in [-0.4, -0.2) is 10.7 Å². The Labute approximate surface area is 186 Å². The summed E-state index contributed by atoms with van der Waals surface area (Å²) in [6.07, 6.45) is 0.973. The Morgan fingerprint density at radius 1 is 1.12 bits per heavy atom. The summed E-state index contributed by atoms with van der Waals surface area (Å²) in [5.41, 5.74) is 10.4. The molecule has 0 saturated carbocycles. The van der Waals surface area contributed by atoms with Crippen LogP contribution in [-0.2, 0) is 4.79 Å². The molecule has 7 heteroatoms. The lowest BCUT2D eigenvalue weighted by Crippen LogP contribution is -2.42. The Kier molecular flexibility index (Phi) is 5.09. The van der Waals surface area contributed by atoms with E-state index in [2.05, 4.69) is 6.07 Å². The quantitative estimate of drug-likeness (QED) is 0.552. The topological polar surface area (TPSA) is 113 Å². The number of allylic oxidation sites excluding steroid dienone is 3. The Morgan fingerprint density at radius 2 is 1.75 bits per heavy atom. The molecule has 4 rings (SSSR count). The van der Waals surface area contributed by atoms with Gasteiger partial charge in [-0.15, -0.1) is 0 Å². The number of hydrogen-bond donors (Lipinski definition) is 1. The Bertz CT molecular complexity index is 1220. The van der Waals surface area contributed by atoms with E-state index in [1.807, 2.05) is 49.9 Å². The molecule has 7 nitrogen and oxygen atoms in total. The van der Waals surface area contributed by atoms with Gasteiger partial charge < -0.3 is 5.73 Å². The number of nitrogens with zero attached hydrogens (tertiary/aromatic N) is 3. The van der Waals surface area contributed by atoms with E-state index in [4.69, 9.17) is 5.73 Å². The standard InChI is InChI=1S/C25H24N4O3/c1-15-4-8-17(9-5-15)28-20-12-25(2,3)13-21(30)23(20)22(19(14-26)24(28)27)16-6-10-18(11-7-16)29(31)32/h4-11,22H,12-13,27H2,1-3H3. The number of carbonyl (C=O) groups is 1. The fourth-order valence-electron chi connectivity index (χ4n) is 4.62. The highest BCUT2D eigenvalue weighted by molar-refractivity contribution is 6.01. The fraction of sp³-hybridized carbons (Fsp3) is 0.280. The first-order valence-corrected chi connectivity index (χ1v) is 10.4. The maximum absolute atomic E-state index is 13.4. The van der Waals surface area contributed by atoms with Crippen LogP contribution in [0.1, 0.15) is 43.7 Å². The van der Waals surface area contributed by atoms with Crippen molar-refractivity contribution in [2.75, 3.05) is 4.90 Å². The van der Waals surface area contributed by atoms with Gasteiger partial charge in [-0.25, -0.2) is 0 Å². The molecule has 0 amide bonds. The predicted octanol–water partition coefficient (Wildman–Crippen LogP) is 4.84. The van der Waals surface area contributed by atoms with Crippen LogP contribution in [0.15, 0.2) is 71.2 Å². The summed E-state index contributed by atoms with van der Waals surface area (Å²) in [4.78, 5) is 25.9. The molecule has 0 bridgehead atoms. The molecule has 2 aliphatic rings. The Balaban J connectivity index is 1.96. The number of hydrogen-bond acceptors (Lipinski definition) is 6. The molecule has 162 valence electrons. The minimum Gasteiger partial charge on any atom is -0.384 e. The van der Waals surface area contributed by atoms with Crippen molar-refractivity contribution >= 4 is 17.2 Å². The van der Waals surface area contributed by atoms with Crippen molar-refractivity contribution in [2.24, 2.45) is 11.1 Å². The molecule has 1 unspecified atom stereocenters. The summed E-state index contributed by atoms with van der Waals surface area (Å²) in [6.45, 7) is 6.08. The second kappa shape index (κ2) is 7.65. The van der Waals surface area contributed by atoms with Crippen molar-refractivity contribution in [1.29, 1.82) is 5.26 Å². The van der Waals surface area contributed by atoms with E-state index in [9.17, 15) is 20.2 Å². The van der Waals surface area contributed by atoms with Gasteiger partial charge in [0.1, 0.15) is 5.82 Å². The second-order valence-electron chi connectivity index (χ2n) is 9.16. The molecule has 2 N–H and O–H groups in total. The SMILES string of the molecule is Cc1ccc(N2C(N)=C(C#N)C(c3ccc([N+](=O)[O-])cc3)C3=C2CC(C)(C)CC3=O)cc1. The van der Waals surface area contributed by atoms with Gasteiger partial charge in [-0.3, -0.25) is 19.8 Å². The number of nitro groups is 1. The molecule has 0 saturated heterocycles.